The van der Waals surface area contributed by atoms with Gasteiger partial charge in [-0.15, -0.1) is 0 Å². The molecule has 0 radical (unpaired) electrons. The van der Waals surface area contributed by atoms with Crippen molar-refractivity contribution in [1.82, 2.24) is 10.2 Å². The van der Waals surface area contributed by atoms with Crippen molar-refractivity contribution in [2.24, 2.45) is 11.8 Å². The molecule has 1 aliphatic carbocycles. The molecule has 1 N–H and O–H groups in total. The van der Waals surface area contributed by atoms with Gasteiger partial charge in [0.1, 0.15) is 0 Å². The zero-order valence-corrected chi connectivity index (χ0v) is 15.4. The minimum Gasteiger partial charge on any atom is -0.453 e. The summed E-state index contributed by atoms with van der Waals surface area (Å²) in [6.45, 7) is 6.21. The van der Waals surface area contributed by atoms with Crippen molar-refractivity contribution in [2.75, 3.05) is 26.7 Å². The molecule has 3 atom stereocenters. The molecule has 1 aromatic carbocycles. The lowest BCUT2D eigenvalue weighted by Gasteiger charge is -2.26. The van der Waals surface area contributed by atoms with E-state index in [0.717, 1.165) is 25.9 Å². The zero-order chi connectivity index (χ0) is 18.0. The van der Waals surface area contributed by atoms with E-state index in [1.54, 1.807) is 0 Å². The van der Waals surface area contributed by atoms with Gasteiger partial charge in [0.2, 0.25) is 5.91 Å². The fourth-order valence-corrected chi connectivity index (χ4v) is 4.40. The largest absolute Gasteiger partial charge is 0.453 e. The van der Waals surface area contributed by atoms with Crippen molar-refractivity contribution < 1.29 is 14.3 Å². The topological polar surface area (TPSA) is 58.6 Å². The van der Waals surface area contributed by atoms with Gasteiger partial charge in [-0.1, -0.05) is 37.6 Å². The van der Waals surface area contributed by atoms with Crippen LogP contribution in [0.2, 0.25) is 0 Å². The first-order chi connectivity index (χ1) is 12.0. The second-order valence-electron chi connectivity index (χ2n) is 7.45. The van der Waals surface area contributed by atoms with E-state index in [2.05, 4.69) is 48.2 Å². The summed E-state index contributed by atoms with van der Waals surface area (Å²) in [6, 6.07) is 8.54. The Balaban J connectivity index is 1.67. The van der Waals surface area contributed by atoms with Crippen LogP contribution in [0.25, 0.3) is 0 Å². The SMILES string of the molecule is CCC[C@H](CNC(=O)OC)C(=O)N1CC2CC2(c2ccccc2C)C1. The van der Waals surface area contributed by atoms with Gasteiger partial charge in [0, 0.05) is 25.0 Å². The number of methoxy groups -OCH3 is 1. The molecule has 1 aliphatic heterocycles. The molecule has 25 heavy (non-hydrogen) atoms. The summed E-state index contributed by atoms with van der Waals surface area (Å²) in [7, 11) is 1.34. The number of benzene rings is 1. The number of rotatable bonds is 6. The number of nitrogens with zero attached hydrogens (tertiary/aromatic N) is 1. The van der Waals surface area contributed by atoms with E-state index in [1.807, 2.05) is 4.90 Å². The Kier molecular flexibility index (Phi) is 5.02. The first kappa shape index (κ1) is 17.8. The van der Waals surface area contributed by atoms with E-state index in [-0.39, 0.29) is 17.2 Å². The van der Waals surface area contributed by atoms with Crippen LogP contribution >= 0.6 is 0 Å². The van der Waals surface area contributed by atoms with Crippen LogP contribution in [0.5, 0.6) is 0 Å². The van der Waals surface area contributed by atoms with Gasteiger partial charge in [-0.3, -0.25) is 4.79 Å². The normalized spacial score (nSPS) is 25.2. The molecule has 1 heterocycles. The fourth-order valence-electron chi connectivity index (χ4n) is 4.40. The van der Waals surface area contributed by atoms with E-state index in [1.165, 1.54) is 24.7 Å². The number of ether oxygens (including phenoxy) is 1. The van der Waals surface area contributed by atoms with Crippen molar-refractivity contribution in [3.8, 4) is 0 Å². The number of aryl methyl sites for hydroxylation is 1. The summed E-state index contributed by atoms with van der Waals surface area (Å²) in [5.74, 6) is 0.572. The predicted octanol–water partition coefficient (Wildman–Crippen LogP) is 2.87. The monoisotopic (exact) mass is 344 g/mol. The van der Waals surface area contributed by atoms with E-state index in [9.17, 15) is 9.59 Å². The van der Waals surface area contributed by atoms with Gasteiger partial charge in [0.25, 0.3) is 0 Å². The highest BCUT2D eigenvalue weighted by atomic mass is 16.5. The molecule has 2 unspecified atom stereocenters. The summed E-state index contributed by atoms with van der Waals surface area (Å²) in [5, 5.41) is 2.69. The lowest BCUT2D eigenvalue weighted by Crippen LogP contribution is -2.42. The van der Waals surface area contributed by atoms with Crippen molar-refractivity contribution in [1.29, 1.82) is 0 Å². The van der Waals surface area contributed by atoms with Crippen LogP contribution in [0.3, 0.4) is 0 Å². The molecule has 5 heteroatoms. The van der Waals surface area contributed by atoms with Crippen LogP contribution in [0, 0.1) is 18.8 Å². The van der Waals surface area contributed by atoms with Crippen LogP contribution < -0.4 is 5.32 Å². The second kappa shape index (κ2) is 7.06. The number of hydrogen-bond donors (Lipinski definition) is 1. The summed E-state index contributed by atoms with van der Waals surface area (Å²) in [6.07, 6.45) is 2.40. The van der Waals surface area contributed by atoms with Gasteiger partial charge < -0.3 is 15.0 Å². The molecule has 0 bridgehead atoms. The Hall–Kier alpha value is -2.04. The molecule has 3 rings (SSSR count). The summed E-state index contributed by atoms with van der Waals surface area (Å²) < 4.78 is 4.62. The van der Waals surface area contributed by atoms with Crippen LogP contribution in [0.4, 0.5) is 4.79 Å². The molecule has 5 nitrogen and oxygen atoms in total. The number of hydrogen-bond acceptors (Lipinski definition) is 3. The van der Waals surface area contributed by atoms with Crippen molar-refractivity contribution in [2.45, 2.75) is 38.5 Å². The molecule has 2 fully saturated rings. The predicted molar refractivity (Wildman–Crippen MR) is 96.3 cm³/mol. The Morgan fingerprint density at radius 3 is 2.84 bits per heavy atom. The molecule has 1 saturated heterocycles. The molecule has 1 aromatic rings. The molecule has 136 valence electrons. The second-order valence-corrected chi connectivity index (χ2v) is 7.45. The number of likely N-dealkylation sites (tertiary alicyclic amines) is 1. The van der Waals surface area contributed by atoms with Gasteiger partial charge in [-0.25, -0.2) is 4.79 Å². The van der Waals surface area contributed by atoms with Crippen molar-refractivity contribution in [3.05, 3.63) is 35.4 Å². The van der Waals surface area contributed by atoms with Crippen LogP contribution in [-0.2, 0) is 14.9 Å². The molecule has 1 saturated carbocycles. The number of piperidine rings is 1. The smallest absolute Gasteiger partial charge is 0.406 e. The lowest BCUT2D eigenvalue weighted by atomic mass is 9.91. The highest BCUT2D eigenvalue weighted by molar-refractivity contribution is 5.81. The Morgan fingerprint density at radius 2 is 2.16 bits per heavy atom. The molecular formula is C20H28N2O3. The average Bonchev–Trinajstić information content (AvgIpc) is 3.19. The average molecular weight is 344 g/mol. The van der Waals surface area contributed by atoms with Crippen LogP contribution in [0.15, 0.2) is 24.3 Å². The van der Waals surface area contributed by atoms with Crippen LogP contribution in [-0.4, -0.2) is 43.6 Å². The minimum absolute atomic E-state index is 0.160. The fraction of sp³-hybridized carbons (Fsp3) is 0.600. The van der Waals surface area contributed by atoms with Gasteiger partial charge in [-0.05, 0) is 36.8 Å². The van der Waals surface area contributed by atoms with Gasteiger partial charge in [0.05, 0.1) is 13.0 Å². The first-order valence-corrected chi connectivity index (χ1v) is 9.18. The summed E-state index contributed by atoms with van der Waals surface area (Å²) in [5.41, 5.74) is 2.87. The number of carbonyl (C=O) groups excluding carboxylic acids is 2. The number of carbonyl (C=O) groups is 2. The standard InChI is InChI=1S/C20H28N2O3/c1-4-7-15(11-21-19(24)25-3)18(23)22-12-16-10-20(16,13-22)17-9-6-5-8-14(17)2/h5-6,8-9,15-16H,4,7,10-13H2,1-3H3,(H,21,24)/t15-,16?,20?/m1/s1. The third-order valence-electron chi connectivity index (χ3n) is 5.80. The van der Waals surface area contributed by atoms with Gasteiger partial charge >= 0.3 is 6.09 Å². The third-order valence-corrected chi connectivity index (χ3v) is 5.80. The Labute approximate surface area is 149 Å². The molecule has 2 amide bonds. The van der Waals surface area contributed by atoms with E-state index < -0.39 is 6.09 Å². The van der Waals surface area contributed by atoms with Gasteiger partial charge in [0.15, 0.2) is 0 Å². The van der Waals surface area contributed by atoms with Gasteiger partial charge in [-0.2, -0.15) is 0 Å². The maximum atomic E-state index is 13.0. The number of amides is 2. The molecule has 0 spiro atoms. The highest BCUT2D eigenvalue weighted by Gasteiger charge is 2.62. The molecule has 2 aliphatic rings. The highest BCUT2D eigenvalue weighted by Crippen LogP contribution is 2.59. The Morgan fingerprint density at radius 1 is 1.40 bits per heavy atom. The van der Waals surface area contributed by atoms with E-state index >= 15 is 0 Å². The number of alkyl carbamates (subject to hydrolysis) is 1. The van der Waals surface area contributed by atoms with Crippen molar-refractivity contribution in [3.63, 3.8) is 0 Å². The summed E-state index contributed by atoms with van der Waals surface area (Å²) in [4.78, 5) is 26.3. The van der Waals surface area contributed by atoms with E-state index in [4.69, 9.17) is 0 Å². The number of nitrogens with one attached hydrogen (secondary N) is 1. The lowest BCUT2D eigenvalue weighted by molar-refractivity contribution is -0.135. The minimum atomic E-state index is -0.477. The summed E-state index contributed by atoms with van der Waals surface area (Å²) >= 11 is 0. The molecular weight excluding hydrogens is 316 g/mol. The Bertz CT molecular complexity index is 660. The first-order valence-electron chi connectivity index (χ1n) is 9.18. The van der Waals surface area contributed by atoms with Crippen molar-refractivity contribution >= 4 is 12.0 Å². The zero-order valence-electron chi connectivity index (χ0n) is 15.4. The third kappa shape index (κ3) is 3.37. The molecule has 0 aromatic heterocycles. The maximum Gasteiger partial charge on any atom is 0.406 e. The van der Waals surface area contributed by atoms with E-state index in [0.29, 0.717) is 12.5 Å². The maximum absolute atomic E-state index is 13.0. The van der Waals surface area contributed by atoms with Crippen LogP contribution in [0.1, 0.15) is 37.3 Å². The quantitative estimate of drug-likeness (QED) is 0.863. The number of fused-ring (bicyclic) bond motifs is 1.